The fourth-order valence-electron chi connectivity index (χ4n) is 4.09. The van der Waals surface area contributed by atoms with E-state index < -0.39 is 0 Å². The lowest BCUT2D eigenvalue weighted by molar-refractivity contribution is -0.118. The van der Waals surface area contributed by atoms with E-state index in [2.05, 4.69) is 5.32 Å². The molecule has 1 aliphatic heterocycles. The van der Waals surface area contributed by atoms with Crippen LogP contribution in [0.25, 0.3) is 6.08 Å². The molecule has 0 atom stereocenters. The molecule has 0 aromatic heterocycles. The molecule has 5 rings (SSSR count). The summed E-state index contributed by atoms with van der Waals surface area (Å²) in [6.45, 7) is 1.77. The summed E-state index contributed by atoms with van der Waals surface area (Å²) < 4.78 is 17.5. The van der Waals surface area contributed by atoms with Crippen molar-refractivity contribution >= 4 is 57.6 Å². The number of benzene rings is 4. The number of aryl methyl sites for hydroxylation is 1. The lowest BCUT2D eigenvalue weighted by Crippen LogP contribution is -2.27. The summed E-state index contributed by atoms with van der Waals surface area (Å²) in [5.74, 6) is 1.73. The third kappa shape index (κ3) is 6.95. The van der Waals surface area contributed by atoms with Gasteiger partial charge in [0.05, 0.1) is 17.7 Å². The van der Waals surface area contributed by atoms with Gasteiger partial charge in [-0.1, -0.05) is 60.4 Å². The molecule has 1 N–H and O–H groups in total. The summed E-state index contributed by atoms with van der Waals surface area (Å²) in [6, 6.07) is 29.4. The van der Waals surface area contributed by atoms with Gasteiger partial charge in [-0.3, -0.25) is 14.5 Å². The first-order valence-electron chi connectivity index (χ1n) is 12.7. The Bertz CT molecular complexity index is 1620. The fraction of sp³-hybridized carbons (Fsp3) is 0.0938. The molecule has 0 unspecified atom stereocenters. The molecule has 4 aromatic rings. The average molecular weight is 583 g/mol. The number of para-hydroxylation sites is 1. The van der Waals surface area contributed by atoms with Crippen LogP contribution in [0.1, 0.15) is 11.1 Å². The van der Waals surface area contributed by atoms with Gasteiger partial charge < -0.3 is 19.5 Å². The zero-order chi connectivity index (χ0) is 28.8. The molecule has 1 saturated heterocycles. The topological polar surface area (TPSA) is 77.1 Å². The van der Waals surface area contributed by atoms with Crippen LogP contribution in [-0.4, -0.2) is 29.9 Å². The van der Waals surface area contributed by atoms with Crippen LogP contribution in [0.15, 0.2) is 102 Å². The molecule has 206 valence electrons. The first kappa shape index (κ1) is 27.9. The zero-order valence-corrected chi connectivity index (χ0v) is 24.0. The lowest BCUT2D eigenvalue weighted by atomic mass is 10.1. The van der Waals surface area contributed by atoms with Gasteiger partial charge in [-0.25, -0.2) is 0 Å². The lowest BCUT2D eigenvalue weighted by Gasteiger charge is -2.15. The highest BCUT2D eigenvalue weighted by molar-refractivity contribution is 8.27. The molecule has 0 bridgehead atoms. The van der Waals surface area contributed by atoms with Crippen LogP contribution in [0.4, 0.5) is 11.4 Å². The number of carbonyl (C=O) groups excluding carboxylic acids is 2. The Morgan fingerprint density at radius 3 is 2.41 bits per heavy atom. The first-order valence-corrected chi connectivity index (χ1v) is 13.9. The smallest absolute Gasteiger partial charge is 0.270 e. The van der Waals surface area contributed by atoms with Crippen LogP contribution in [0.2, 0.25) is 0 Å². The molecular formula is C32H26N2O5S2. The van der Waals surface area contributed by atoms with Crippen LogP contribution < -0.4 is 24.4 Å². The Morgan fingerprint density at radius 1 is 0.927 bits per heavy atom. The van der Waals surface area contributed by atoms with Crippen molar-refractivity contribution in [3.05, 3.63) is 113 Å². The van der Waals surface area contributed by atoms with Crippen LogP contribution in [0.3, 0.4) is 0 Å². The van der Waals surface area contributed by atoms with Crippen LogP contribution in [0, 0.1) is 6.92 Å². The van der Waals surface area contributed by atoms with Crippen molar-refractivity contribution < 1.29 is 23.8 Å². The van der Waals surface area contributed by atoms with E-state index in [1.807, 2.05) is 61.5 Å². The van der Waals surface area contributed by atoms with Gasteiger partial charge in [0.2, 0.25) is 0 Å². The molecule has 0 spiro atoms. The van der Waals surface area contributed by atoms with E-state index in [9.17, 15) is 9.59 Å². The minimum Gasteiger partial charge on any atom is -0.493 e. The van der Waals surface area contributed by atoms with Gasteiger partial charge in [0.1, 0.15) is 11.5 Å². The highest BCUT2D eigenvalue weighted by atomic mass is 32.2. The normalized spacial score (nSPS) is 13.8. The fourth-order valence-corrected chi connectivity index (χ4v) is 5.38. The number of carbonyl (C=O) groups is 2. The van der Waals surface area contributed by atoms with Crippen molar-refractivity contribution in [3.63, 3.8) is 0 Å². The second kappa shape index (κ2) is 12.7. The average Bonchev–Trinajstić information content (AvgIpc) is 3.25. The molecule has 2 amide bonds. The molecule has 4 aromatic carbocycles. The van der Waals surface area contributed by atoms with Gasteiger partial charge >= 0.3 is 0 Å². The molecular weight excluding hydrogens is 556 g/mol. The maximum atomic E-state index is 13.3. The molecule has 0 aliphatic carbocycles. The maximum Gasteiger partial charge on any atom is 0.270 e. The summed E-state index contributed by atoms with van der Waals surface area (Å²) in [7, 11) is 1.52. The standard InChI is InChI=1S/C32H26N2O5S2/c1-21-7-6-8-23(17-21)33-30(35)20-38-27-16-11-22(18-28(27)37-2)19-29-31(36)34(32(40)41-29)24-12-14-26(15-13-24)39-25-9-4-3-5-10-25/h3-19H,20H2,1-2H3,(H,33,35)/b29-19-. The summed E-state index contributed by atoms with van der Waals surface area (Å²) in [5, 5.41) is 2.81. The molecule has 41 heavy (non-hydrogen) atoms. The largest absolute Gasteiger partial charge is 0.493 e. The van der Waals surface area contributed by atoms with Gasteiger partial charge in [-0.2, -0.15) is 0 Å². The minimum absolute atomic E-state index is 0.183. The summed E-state index contributed by atoms with van der Waals surface area (Å²) in [6.07, 6.45) is 1.75. The number of methoxy groups -OCH3 is 1. The Balaban J connectivity index is 1.24. The minimum atomic E-state index is -0.287. The van der Waals surface area contributed by atoms with Crippen LogP contribution in [0.5, 0.6) is 23.0 Å². The maximum absolute atomic E-state index is 13.3. The summed E-state index contributed by atoms with van der Waals surface area (Å²) in [5.41, 5.74) is 3.13. The van der Waals surface area contributed by atoms with Gasteiger partial charge in [0, 0.05) is 5.69 Å². The highest BCUT2D eigenvalue weighted by Gasteiger charge is 2.33. The summed E-state index contributed by atoms with van der Waals surface area (Å²) in [4.78, 5) is 27.6. The molecule has 1 fully saturated rings. The van der Waals surface area contributed by atoms with Crippen molar-refractivity contribution in [2.24, 2.45) is 0 Å². The number of thiocarbonyl (C=S) groups is 1. The molecule has 1 aliphatic rings. The van der Waals surface area contributed by atoms with Crippen LogP contribution in [-0.2, 0) is 9.59 Å². The van der Waals surface area contributed by atoms with E-state index in [0.717, 1.165) is 16.9 Å². The first-order chi connectivity index (χ1) is 19.9. The van der Waals surface area contributed by atoms with Gasteiger partial charge in [-0.15, -0.1) is 0 Å². The van der Waals surface area contributed by atoms with Crippen molar-refractivity contribution in [2.45, 2.75) is 6.92 Å². The number of hydrogen-bond donors (Lipinski definition) is 1. The third-order valence-electron chi connectivity index (χ3n) is 6.01. The Morgan fingerprint density at radius 2 is 1.68 bits per heavy atom. The Labute approximate surface area is 247 Å². The molecule has 0 saturated carbocycles. The highest BCUT2D eigenvalue weighted by Crippen LogP contribution is 2.38. The van der Waals surface area contributed by atoms with Crippen molar-refractivity contribution in [2.75, 3.05) is 23.9 Å². The predicted octanol–water partition coefficient (Wildman–Crippen LogP) is 7.22. The van der Waals surface area contributed by atoms with Crippen molar-refractivity contribution in [1.82, 2.24) is 0 Å². The van der Waals surface area contributed by atoms with E-state index in [4.69, 9.17) is 26.4 Å². The van der Waals surface area contributed by atoms with E-state index >= 15 is 0 Å². The molecule has 9 heteroatoms. The van der Waals surface area contributed by atoms with Crippen molar-refractivity contribution in [1.29, 1.82) is 0 Å². The Kier molecular flexibility index (Phi) is 8.67. The number of nitrogens with zero attached hydrogens (tertiary/aromatic N) is 1. The molecule has 1 heterocycles. The van der Waals surface area contributed by atoms with Gasteiger partial charge in [0.25, 0.3) is 11.8 Å². The Hall–Kier alpha value is -4.60. The zero-order valence-electron chi connectivity index (χ0n) is 22.3. The van der Waals surface area contributed by atoms with Gasteiger partial charge in [0.15, 0.2) is 22.4 Å². The number of amides is 2. The molecule has 7 nitrogen and oxygen atoms in total. The number of hydrogen-bond acceptors (Lipinski definition) is 7. The summed E-state index contributed by atoms with van der Waals surface area (Å²) >= 11 is 6.75. The number of ether oxygens (including phenoxy) is 3. The number of anilines is 2. The third-order valence-corrected chi connectivity index (χ3v) is 7.32. The van der Waals surface area contributed by atoms with E-state index in [0.29, 0.717) is 37.8 Å². The van der Waals surface area contributed by atoms with E-state index in [-0.39, 0.29) is 18.4 Å². The van der Waals surface area contributed by atoms with Crippen molar-refractivity contribution in [3.8, 4) is 23.0 Å². The second-order valence-corrected chi connectivity index (χ2v) is 10.7. The SMILES string of the molecule is COc1cc(/C=C2\SC(=S)N(c3ccc(Oc4ccccc4)cc3)C2=O)ccc1OCC(=O)Nc1cccc(C)c1. The molecule has 0 radical (unpaired) electrons. The van der Waals surface area contributed by atoms with E-state index in [1.165, 1.54) is 23.8 Å². The number of thioether (sulfide) groups is 1. The quantitative estimate of drug-likeness (QED) is 0.165. The second-order valence-electron chi connectivity index (χ2n) is 9.04. The number of rotatable bonds is 9. The number of nitrogens with one attached hydrogen (secondary N) is 1. The van der Waals surface area contributed by atoms with Gasteiger partial charge in [-0.05, 0) is 84.8 Å². The van der Waals surface area contributed by atoms with E-state index in [1.54, 1.807) is 48.5 Å². The monoisotopic (exact) mass is 582 g/mol. The van der Waals surface area contributed by atoms with Crippen LogP contribution >= 0.6 is 24.0 Å². The predicted molar refractivity (Wildman–Crippen MR) is 167 cm³/mol.